The molecule has 1 N–H and O–H groups in total. The van der Waals surface area contributed by atoms with E-state index in [4.69, 9.17) is 28.4 Å². The van der Waals surface area contributed by atoms with Gasteiger partial charge in [0.15, 0.2) is 23.0 Å². The SMILES string of the molecule is COc1cc(C=CC=CC(=O)N2CCN(C(=O)C=CC=Cc3cc(OC)c(OC)c(OC)c3)C(C(=O)O)C2)cc(OC)c1OC. The highest BCUT2D eigenvalue weighted by Gasteiger charge is 2.35. The Hall–Kier alpha value is -5.39. The van der Waals surface area contributed by atoms with Gasteiger partial charge < -0.3 is 43.3 Å². The molecule has 1 atom stereocenters. The van der Waals surface area contributed by atoms with Crippen molar-refractivity contribution in [2.24, 2.45) is 0 Å². The maximum absolute atomic E-state index is 12.9. The first kappa shape index (κ1) is 34.1. The van der Waals surface area contributed by atoms with Crippen LogP contribution in [0.15, 0.2) is 60.7 Å². The smallest absolute Gasteiger partial charge is 0.328 e. The second-order valence-corrected chi connectivity index (χ2v) is 9.52. The molecule has 0 saturated carbocycles. The first-order valence-corrected chi connectivity index (χ1v) is 13.8. The van der Waals surface area contributed by atoms with Crippen LogP contribution < -0.4 is 28.4 Å². The van der Waals surface area contributed by atoms with E-state index < -0.39 is 17.9 Å². The fourth-order valence-electron chi connectivity index (χ4n) is 4.66. The predicted octanol–water partition coefficient (Wildman–Crippen LogP) is 3.70. The van der Waals surface area contributed by atoms with E-state index in [2.05, 4.69) is 0 Å². The Bertz CT molecular complexity index is 1440. The number of carbonyl (C=O) groups is 3. The number of rotatable bonds is 13. The number of piperazine rings is 1. The summed E-state index contributed by atoms with van der Waals surface area (Å²) >= 11 is 0. The number of carbonyl (C=O) groups excluding carboxylic acids is 2. The molecule has 0 aromatic heterocycles. The molecule has 1 fully saturated rings. The van der Waals surface area contributed by atoms with Crippen LogP contribution in [0.5, 0.6) is 34.5 Å². The summed E-state index contributed by atoms with van der Waals surface area (Å²) in [6, 6.07) is 5.84. The summed E-state index contributed by atoms with van der Waals surface area (Å²) in [5, 5.41) is 9.82. The molecule has 2 aromatic carbocycles. The number of aliphatic carboxylic acids is 1. The van der Waals surface area contributed by atoms with Crippen molar-refractivity contribution in [3.63, 3.8) is 0 Å². The van der Waals surface area contributed by atoms with Crippen molar-refractivity contribution >= 4 is 29.9 Å². The monoisotopic (exact) mass is 622 g/mol. The molecule has 1 aliphatic rings. The van der Waals surface area contributed by atoms with Crippen molar-refractivity contribution < 1.29 is 47.9 Å². The van der Waals surface area contributed by atoms with Crippen molar-refractivity contribution in [1.82, 2.24) is 9.80 Å². The van der Waals surface area contributed by atoms with Gasteiger partial charge in [-0.05, 0) is 35.4 Å². The molecule has 1 unspecified atom stereocenters. The highest BCUT2D eigenvalue weighted by atomic mass is 16.5. The Labute approximate surface area is 262 Å². The van der Waals surface area contributed by atoms with Gasteiger partial charge in [-0.2, -0.15) is 0 Å². The third-order valence-corrected chi connectivity index (χ3v) is 6.91. The average molecular weight is 623 g/mol. The number of nitrogens with zero attached hydrogens (tertiary/aromatic N) is 2. The molecule has 240 valence electrons. The molecule has 0 radical (unpaired) electrons. The summed E-state index contributed by atoms with van der Waals surface area (Å²) in [6.45, 7) is 0.109. The van der Waals surface area contributed by atoms with E-state index in [0.717, 1.165) is 11.1 Å². The van der Waals surface area contributed by atoms with Gasteiger partial charge in [-0.15, -0.1) is 0 Å². The van der Waals surface area contributed by atoms with E-state index in [1.807, 2.05) is 0 Å². The normalized spacial score (nSPS) is 15.2. The van der Waals surface area contributed by atoms with Gasteiger partial charge >= 0.3 is 5.97 Å². The van der Waals surface area contributed by atoms with E-state index in [1.165, 1.54) is 70.7 Å². The molecule has 0 aliphatic carbocycles. The van der Waals surface area contributed by atoms with E-state index in [-0.39, 0.29) is 25.5 Å². The van der Waals surface area contributed by atoms with Gasteiger partial charge in [-0.1, -0.05) is 36.5 Å². The molecule has 1 aliphatic heterocycles. The molecule has 3 rings (SSSR count). The van der Waals surface area contributed by atoms with Crippen molar-refractivity contribution in [3.05, 3.63) is 71.8 Å². The largest absolute Gasteiger partial charge is 0.493 e. The summed E-state index contributed by atoms with van der Waals surface area (Å²) < 4.78 is 32.1. The van der Waals surface area contributed by atoms with Crippen LogP contribution in [-0.2, 0) is 14.4 Å². The van der Waals surface area contributed by atoms with Crippen molar-refractivity contribution in [2.75, 3.05) is 62.3 Å². The number of methoxy groups -OCH3 is 6. The Kier molecular flexibility index (Phi) is 12.5. The highest BCUT2D eigenvalue weighted by molar-refractivity contribution is 5.93. The number of benzene rings is 2. The molecule has 12 nitrogen and oxygen atoms in total. The zero-order valence-corrected chi connectivity index (χ0v) is 26.1. The van der Waals surface area contributed by atoms with Gasteiger partial charge in [0.05, 0.1) is 49.2 Å². The molecular weight excluding hydrogens is 584 g/mol. The van der Waals surface area contributed by atoms with Crippen LogP contribution in [0.2, 0.25) is 0 Å². The minimum absolute atomic E-state index is 0.0671. The quantitative estimate of drug-likeness (QED) is 0.260. The number of allylic oxidation sites excluding steroid dienone is 4. The molecule has 2 amide bonds. The Morgan fingerprint density at radius 1 is 0.644 bits per heavy atom. The second-order valence-electron chi connectivity index (χ2n) is 9.52. The summed E-state index contributed by atoms with van der Waals surface area (Å²) in [5.41, 5.74) is 1.49. The highest BCUT2D eigenvalue weighted by Crippen LogP contribution is 2.39. The van der Waals surface area contributed by atoms with Crippen molar-refractivity contribution in [2.45, 2.75) is 6.04 Å². The lowest BCUT2D eigenvalue weighted by atomic mass is 10.1. The molecule has 0 bridgehead atoms. The fraction of sp³-hybridized carbons (Fsp3) is 0.303. The minimum Gasteiger partial charge on any atom is -0.493 e. The molecule has 0 spiro atoms. The molecule has 2 aromatic rings. The first-order chi connectivity index (χ1) is 21.7. The number of carboxylic acids is 1. The Balaban J connectivity index is 1.63. The van der Waals surface area contributed by atoms with Crippen LogP contribution in [0.3, 0.4) is 0 Å². The summed E-state index contributed by atoms with van der Waals surface area (Å²) in [4.78, 5) is 40.4. The van der Waals surface area contributed by atoms with Crippen LogP contribution in [0.1, 0.15) is 11.1 Å². The molecule has 45 heavy (non-hydrogen) atoms. The molecule has 12 heteroatoms. The van der Waals surface area contributed by atoms with Gasteiger partial charge in [0.1, 0.15) is 6.04 Å². The van der Waals surface area contributed by atoms with E-state index in [0.29, 0.717) is 34.5 Å². The number of amides is 2. The number of hydrogen-bond acceptors (Lipinski definition) is 9. The van der Waals surface area contributed by atoms with Crippen LogP contribution in [0.4, 0.5) is 0 Å². The zero-order chi connectivity index (χ0) is 32.9. The molecular formula is C33H38N2O10. The van der Waals surface area contributed by atoms with Crippen LogP contribution >= 0.6 is 0 Å². The summed E-state index contributed by atoms with van der Waals surface area (Å²) in [5.74, 6) is 0.837. The zero-order valence-electron chi connectivity index (χ0n) is 26.1. The Morgan fingerprint density at radius 3 is 1.44 bits per heavy atom. The van der Waals surface area contributed by atoms with E-state index in [9.17, 15) is 19.5 Å². The van der Waals surface area contributed by atoms with Gasteiger partial charge in [0.2, 0.25) is 23.3 Å². The lowest BCUT2D eigenvalue weighted by molar-refractivity contribution is -0.153. The second kappa shape index (κ2) is 16.5. The van der Waals surface area contributed by atoms with Crippen LogP contribution in [0, 0.1) is 0 Å². The minimum atomic E-state index is -1.20. The number of hydrogen-bond donors (Lipinski definition) is 1. The topological polar surface area (TPSA) is 133 Å². The number of carboxylic acid groups (broad SMARTS) is 1. The van der Waals surface area contributed by atoms with Gasteiger partial charge in [-0.25, -0.2) is 4.79 Å². The van der Waals surface area contributed by atoms with Gasteiger partial charge in [0.25, 0.3) is 0 Å². The first-order valence-electron chi connectivity index (χ1n) is 13.8. The average Bonchev–Trinajstić information content (AvgIpc) is 3.06. The number of ether oxygens (including phenoxy) is 6. The molecule has 1 saturated heterocycles. The maximum atomic E-state index is 12.9. The Morgan fingerprint density at radius 2 is 1.07 bits per heavy atom. The lowest BCUT2D eigenvalue weighted by Crippen LogP contribution is -2.58. The third-order valence-electron chi connectivity index (χ3n) is 6.91. The molecule has 1 heterocycles. The van der Waals surface area contributed by atoms with Crippen molar-refractivity contribution in [1.29, 1.82) is 0 Å². The third kappa shape index (κ3) is 8.59. The summed E-state index contributed by atoms with van der Waals surface area (Å²) in [7, 11) is 9.11. The van der Waals surface area contributed by atoms with Gasteiger partial charge in [-0.3, -0.25) is 9.59 Å². The maximum Gasteiger partial charge on any atom is 0.328 e. The van der Waals surface area contributed by atoms with Crippen LogP contribution in [0.25, 0.3) is 12.2 Å². The fourth-order valence-corrected chi connectivity index (χ4v) is 4.66. The predicted molar refractivity (Wildman–Crippen MR) is 168 cm³/mol. The van der Waals surface area contributed by atoms with Gasteiger partial charge in [0, 0.05) is 25.2 Å². The van der Waals surface area contributed by atoms with Crippen molar-refractivity contribution in [3.8, 4) is 34.5 Å². The standard InChI is InChI=1S/C33H38N2O10/c1-40-25-17-22(18-26(41-2)31(25)44-5)11-7-9-13-29(36)34-15-16-35(24(21-34)33(38)39)30(37)14-10-8-12-23-19-27(42-3)32(45-6)28(20-23)43-4/h7-14,17-20,24H,15-16,21H2,1-6H3,(H,38,39). The summed E-state index contributed by atoms with van der Waals surface area (Å²) in [6.07, 6.45) is 12.5. The van der Waals surface area contributed by atoms with Crippen LogP contribution in [-0.4, -0.2) is 101 Å². The van der Waals surface area contributed by atoms with E-state index >= 15 is 0 Å². The van der Waals surface area contributed by atoms with E-state index in [1.54, 1.807) is 54.6 Å². The lowest BCUT2D eigenvalue weighted by Gasteiger charge is -2.38.